The van der Waals surface area contributed by atoms with Gasteiger partial charge in [0.25, 0.3) is 0 Å². The van der Waals surface area contributed by atoms with Crippen LogP contribution in [0.2, 0.25) is 0 Å². The Labute approximate surface area is 198 Å². The SMILES string of the molecule is CC[C@H](C)NC(=O)O[C@H]1CC[C@@]2(C)C(CCC3C2CC(O)[C@]2(C)[C@@H](C(=O)OC)CCC32N)C1. The third kappa shape index (κ3) is 3.69. The van der Waals surface area contributed by atoms with Gasteiger partial charge in [0.15, 0.2) is 0 Å². The predicted octanol–water partition coefficient (Wildman–Crippen LogP) is 3.76. The minimum absolute atomic E-state index is 0.0514. The second kappa shape index (κ2) is 8.71. The average Bonchev–Trinajstić information content (AvgIpc) is 3.07. The molecule has 4 fully saturated rings. The standard InChI is InChI=1S/C26H44N2O5/c1-6-15(2)28-23(31)33-17-9-11-24(3)16(13-17)7-8-18-20(24)14-21(29)25(4)19(22(30)32-5)10-12-26(18,25)27/h15-21,29H,6-14,27H2,1-5H3,(H,28,31)/t15-,16?,17-,18?,19+,20?,21?,24-,25-,26?/m0/s1. The minimum Gasteiger partial charge on any atom is -0.469 e. The smallest absolute Gasteiger partial charge is 0.407 e. The molecule has 5 unspecified atom stereocenters. The van der Waals surface area contributed by atoms with Crippen LogP contribution in [0.25, 0.3) is 0 Å². The number of carbonyl (C=O) groups is 2. The molecule has 0 aromatic rings. The molecule has 0 aromatic heterocycles. The first-order valence-corrected chi connectivity index (χ1v) is 13.0. The fraction of sp³-hybridized carbons (Fsp3) is 0.923. The maximum Gasteiger partial charge on any atom is 0.407 e. The van der Waals surface area contributed by atoms with Crippen molar-refractivity contribution in [1.29, 1.82) is 0 Å². The van der Waals surface area contributed by atoms with Crippen LogP contribution in [0.4, 0.5) is 4.79 Å². The van der Waals surface area contributed by atoms with Crippen molar-refractivity contribution in [3.8, 4) is 0 Å². The molecule has 4 rings (SSSR count). The predicted molar refractivity (Wildman–Crippen MR) is 125 cm³/mol. The molecule has 4 aliphatic carbocycles. The topological polar surface area (TPSA) is 111 Å². The zero-order chi connectivity index (χ0) is 24.2. The Hall–Kier alpha value is -1.34. The molecule has 4 N–H and O–H groups in total. The Bertz CT molecular complexity index is 776. The van der Waals surface area contributed by atoms with Crippen LogP contribution < -0.4 is 11.1 Å². The van der Waals surface area contributed by atoms with E-state index in [1.165, 1.54) is 7.11 Å². The summed E-state index contributed by atoms with van der Waals surface area (Å²) in [7, 11) is 1.43. The molecule has 0 aliphatic heterocycles. The summed E-state index contributed by atoms with van der Waals surface area (Å²) in [5, 5.41) is 14.4. The molecule has 0 spiro atoms. The van der Waals surface area contributed by atoms with Gasteiger partial charge in [0.2, 0.25) is 0 Å². The van der Waals surface area contributed by atoms with Gasteiger partial charge in [-0.25, -0.2) is 4.79 Å². The van der Waals surface area contributed by atoms with Crippen LogP contribution in [0.1, 0.15) is 85.5 Å². The van der Waals surface area contributed by atoms with Gasteiger partial charge in [0.1, 0.15) is 6.10 Å². The first-order valence-electron chi connectivity index (χ1n) is 13.0. The van der Waals surface area contributed by atoms with Crippen molar-refractivity contribution in [2.24, 2.45) is 40.2 Å². The maximum absolute atomic E-state index is 12.6. The van der Waals surface area contributed by atoms with Gasteiger partial charge in [-0.2, -0.15) is 0 Å². The second-order valence-corrected chi connectivity index (χ2v) is 11.9. The molecule has 7 heteroatoms. The van der Waals surface area contributed by atoms with E-state index in [0.29, 0.717) is 24.7 Å². The quantitative estimate of drug-likeness (QED) is 0.546. The van der Waals surface area contributed by atoms with E-state index in [-0.39, 0.29) is 41.5 Å². The number of fused-ring (bicyclic) bond motifs is 5. The molecule has 10 atom stereocenters. The number of amides is 1. The van der Waals surface area contributed by atoms with Gasteiger partial charge < -0.3 is 25.6 Å². The van der Waals surface area contributed by atoms with Gasteiger partial charge in [-0.3, -0.25) is 4.79 Å². The first kappa shape index (κ1) is 24.8. The molecule has 0 bridgehead atoms. The summed E-state index contributed by atoms with van der Waals surface area (Å²) in [6.07, 6.45) is 6.77. The van der Waals surface area contributed by atoms with Crippen LogP contribution in [-0.2, 0) is 14.3 Å². The highest BCUT2D eigenvalue weighted by Crippen LogP contribution is 2.68. The molecule has 1 amide bonds. The summed E-state index contributed by atoms with van der Waals surface area (Å²) in [6.45, 7) is 8.42. The first-order chi connectivity index (χ1) is 15.5. The van der Waals surface area contributed by atoms with E-state index in [4.69, 9.17) is 15.2 Å². The zero-order valence-electron chi connectivity index (χ0n) is 21.1. The lowest BCUT2D eigenvalue weighted by Gasteiger charge is -2.65. The Morgan fingerprint density at radius 3 is 2.52 bits per heavy atom. The monoisotopic (exact) mass is 464 g/mol. The lowest BCUT2D eigenvalue weighted by Crippen LogP contribution is -2.71. The van der Waals surface area contributed by atoms with Crippen molar-refractivity contribution < 1.29 is 24.2 Å². The number of hydrogen-bond acceptors (Lipinski definition) is 6. The maximum atomic E-state index is 12.6. The molecule has 0 saturated heterocycles. The van der Waals surface area contributed by atoms with Gasteiger partial charge in [-0.05, 0) is 87.9 Å². The minimum atomic E-state index is -0.654. The van der Waals surface area contributed by atoms with Crippen molar-refractivity contribution in [2.45, 2.75) is 109 Å². The molecule has 0 heterocycles. The molecule has 0 aromatic carbocycles. The normalized spacial score (nSPS) is 47.5. The van der Waals surface area contributed by atoms with E-state index < -0.39 is 17.1 Å². The van der Waals surface area contributed by atoms with E-state index in [9.17, 15) is 14.7 Å². The Morgan fingerprint density at radius 1 is 1.12 bits per heavy atom. The van der Waals surface area contributed by atoms with Gasteiger partial charge >= 0.3 is 12.1 Å². The van der Waals surface area contributed by atoms with Crippen molar-refractivity contribution in [3.05, 3.63) is 0 Å². The van der Waals surface area contributed by atoms with Gasteiger partial charge in [-0.15, -0.1) is 0 Å². The number of aliphatic hydroxyl groups excluding tert-OH is 1. The highest BCUT2D eigenvalue weighted by Gasteiger charge is 2.70. The summed E-state index contributed by atoms with van der Waals surface area (Å²) >= 11 is 0. The van der Waals surface area contributed by atoms with Gasteiger partial charge in [0.05, 0.1) is 19.1 Å². The molecule has 7 nitrogen and oxygen atoms in total. The second-order valence-electron chi connectivity index (χ2n) is 11.9. The molecule has 0 radical (unpaired) electrons. The number of methoxy groups -OCH3 is 1. The van der Waals surface area contributed by atoms with Gasteiger partial charge in [0, 0.05) is 17.0 Å². The highest BCUT2D eigenvalue weighted by atomic mass is 16.6. The average molecular weight is 465 g/mol. The van der Waals surface area contributed by atoms with E-state index in [1.807, 2.05) is 20.8 Å². The fourth-order valence-electron chi connectivity index (χ4n) is 8.40. The number of alkyl carbamates (subject to hydrolysis) is 1. The van der Waals surface area contributed by atoms with E-state index in [0.717, 1.165) is 44.9 Å². The number of nitrogens with one attached hydrogen (secondary N) is 1. The lowest BCUT2D eigenvalue weighted by molar-refractivity contribution is -0.188. The summed E-state index contributed by atoms with van der Waals surface area (Å²) in [4.78, 5) is 24.9. The third-order valence-electron chi connectivity index (χ3n) is 10.8. The number of nitrogens with two attached hydrogens (primary N) is 1. The molecule has 188 valence electrons. The molecule has 4 saturated carbocycles. The fourth-order valence-corrected chi connectivity index (χ4v) is 8.40. The Morgan fingerprint density at radius 2 is 1.85 bits per heavy atom. The molecule has 33 heavy (non-hydrogen) atoms. The Kier molecular flexibility index (Phi) is 6.54. The van der Waals surface area contributed by atoms with Crippen LogP contribution in [0.15, 0.2) is 0 Å². The van der Waals surface area contributed by atoms with Crippen molar-refractivity contribution in [2.75, 3.05) is 7.11 Å². The van der Waals surface area contributed by atoms with Crippen LogP contribution in [0.3, 0.4) is 0 Å². The number of rotatable bonds is 4. The Balaban J connectivity index is 1.51. The van der Waals surface area contributed by atoms with Crippen molar-refractivity contribution in [1.82, 2.24) is 5.32 Å². The van der Waals surface area contributed by atoms with E-state index in [2.05, 4.69) is 12.2 Å². The van der Waals surface area contributed by atoms with E-state index >= 15 is 0 Å². The van der Waals surface area contributed by atoms with Crippen molar-refractivity contribution in [3.63, 3.8) is 0 Å². The summed E-state index contributed by atoms with van der Waals surface area (Å²) in [5.74, 6) is 0.466. The molecule has 4 aliphatic rings. The zero-order valence-corrected chi connectivity index (χ0v) is 21.1. The summed E-state index contributed by atoms with van der Waals surface area (Å²) < 4.78 is 10.9. The van der Waals surface area contributed by atoms with Crippen molar-refractivity contribution >= 4 is 12.1 Å². The number of esters is 1. The van der Waals surface area contributed by atoms with Crippen LogP contribution in [0, 0.1) is 34.5 Å². The third-order valence-corrected chi connectivity index (χ3v) is 10.8. The van der Waals surface area contributed by atoms with E-state index in [1.54, 1.807) is 0 Å². The summed E-state index contributed by atoms with van der Waals surface area (Å²) in [6, 6.07) is 0.112. The van der Waals surface area contributed by atoms with Crippen LogP contribution >= 0.6 is 0 Å². The lowest BCUT2D eigenvalue weighted by atomic mass is 9.42. The largest absolute Gasteiger partial charge is 0.469 e. The van der Waals surface area contributed by atoms with Crippen LogP contribution in [-0.4, -0.2) is 48.1 Å². The number of aliphatic hydroxyl groups is 1. The van der Waals surface area contributed by atoms with Crippen LogP contribution in [0.5, 0.6) is 0 Å². The summed E-state index contributed by atoms with van der Waals surface area (Å²) in [5.41, 5.74) is 6.06. The molecular weight excluding hydrogens is 420 g/mol. The highest BCUT2D eigenvalue weighted by molar-refractivity contribution is 5.74. The number of carbonyl (C=O) groups excluding carboxylic acids is 2. The number of hydrogen-bond donors (Lipinski definition) is 3. The number of ether oxygens (including phenoxy) is 2. The van der Waals surface area contributed by atoms with Gasteiger partial charge in [-0.1, -0.05) is 20.8 Å². The molecular formula is C26H44N2O5.